The number of sulfonamides is 1. The fraction of sp³-hybridized carbons (Fsp3) is 0.310. The number of rotatable bonds is 7. The van der Waals surface area contributed by atoms with Gasteiger partial charge in [0.25, 0.3) is 5.91 Å². The summed E-state index contributed by atoms with van der Waals surface area (Å²) in [5, 5.41) is 2.86. The van der Waals surface area contributed by atoms with Crippen LogP contribution in [-0.4, -0.2) is 37.7 Å². The Labute approximate surface area is 228 Å². The third kappa shape index (κ3) is 6.62. The lowest BCUT2D eigenvalue weighted by atomic mass is 10.1. The zero-order chi connectivity index (χ0) is 27.3. The van der Waals surface area contributed by atoms with Crippen molar-refractivity contribution in [2.24, 2.45) is 0 Å². The zero-order valence-electron chi connectivity index (χ0n) is 21.4. The molecule has 9 heteroatoms. The minimum absolute atomic E-state index is 0.0112. The fourth-order valence-electron chi connectivity index (χ4n) is 4.58. The molecule has 3 aromatic rings. The Morgan fingerprint density at radius 1 is 0.895 bits per heavy atom. The van der Waals surface area contributed by atoms with Gasteiger partial charge in [0.2, 0.25) is 16.1 Å². The Morgan fingerprint density at radius 2 is 1.53 bits per heavy atom. The Hall–Kier alpha value is -3.20. The summed E-state index contributed by atoms with van der Waals surface area (Å²) in [6.07, 6.45) is 2.22. The van der Waals surface area contributed by atoms with E-state index in [1.165, 1.54) is 22.5 Å². The number of hydrogen-bond acceptors (Lipinski definition) is 5. The molecule has 0 aromatic heterocycles. The Kier molecular flexibility index (Phi) is 8.87. The molecular weight excluding hydrogens is 524 g/mol. The van der Waals surface area contributed by atoms with E-state index in [-0.39, 0.29) is 15.5 Å². The minimum Gasteiger partial charge on any atom is -0.444 e. The lowest BCUT2D eigenvalue weighted by molar-refractivity contribution is -0.125. The number of anilines is 1. The van der Waals surface area contributed by atoms with Crippen molar-refractivity contribution in [1.29, 1.82) is 0 Å². The van der Waals surface area contributed by atoms with Crippen molar-refractivity contribution in [3.05, 3.63) is 94.0 Å². The topological polar surface area (TPSA) is 92.8 Å². The molecule has 1 N–H and O–H groups in total. The number of halogens is 1. The van der Waals surface area contributed by atoms with Gasteiger partial charge in [0, 0.05) is 24.3 Å². The molecule has 0 radical (unpaired) electrons. The highest BCUT2D eigenvalue weighted by molar-refractivity contribution is 7.89. The zero-order valence-corrected chi connectivity index (χ0v) is 23.0. The average Bonchev–Trinajstić information content (AvgIpc) is 3.17. The molecule has 1 aliphatic rings. The average molecular weight is 555 g/mol. The van der Waals surface area contributed by atoms with Crippen LogP contribution < -0.4 is 5.32 Å². The summed E-state index contributed by atoms with van der Waals surface area (Å²) in [4.78, 5) is 26.4. The first-order valence-electron chi connectivity index (χ1n) is 12.6. The smallest absolute Gasteiger partial charge is 0.339 e. The van der Waals surface area contributed by atoms with Crippen molar-refractivity contribution < 1.29 is 22.7 Å². The Bertz CT molecular complexity index is 1400. The molecule has 0 saturated carbocycles. The van der Waals surface area contributed by atoms with E-state index in [2.05, 4.69) is 5.32 Å². The Balaban J connectivity index is 1.61. The summed E-state index contributed by atoms with van der Waals surface area (Å²) in [7, 11) is -3.90. The van der Waals surface area contributed by atoms with Gasteiger partial charge in [-0.3, -0.25) is 4.79 Å². The fourth-order valence-corrected chi connectivity index (χ4v) is 6.60. The second-order valence-electron chi connectivity index (χ2n) is 9.53. The van der Waals surface area contributed by atoms with Crippen LogP contribution in [0.3, 0.4) is 0 Å². The molecule has 3 aromatic carbocycles. The summed E-state index contributed by atoms with van der Waals surface area (Å²) >= 11 is 6.29. The quantitative estimate of drug-likeness (QED) is 0.358. The second kappa shape index (κ2) is 12.1. The van der Waals surface area contributed by atoms with Crippen molar-refractivity contribution in [2.75, 3.05) is 18.4 Å². The van der Waals surface area contributed by atoms with Gasteiger partial charge in [0.15, 0.2) is 0 Å². The Morgan fingerprint density at radius 3 is 2.16 bits per heavy atom. The van der Waals surface area contributed by atoms with Crippen LogP contribution in [0.25, 0.3) is 0 Å². The number of nitrogens with zero attached hydrogens (tertiary/aromatic N) is 1. The van der Waals surface area contributed by atoms with E-state index in [4.69, 9.17) is 16.3 Å². The largest absolute Gasteiger partial charge is 0.444 e. The van der Waals surface area contributed by atoms with Gasteiger partial charge >= 0.3 is 5.97 Å². The highest BCUT2D eigenvalue weighted by Crippen LogP contribution is 2.29. The van der Waals surface area contributed by atoms with E-state index in [0.717, 1.165) is 36.8 Å². The van der Waals surface area contributed by atoms with E-state index in [1.54, 1.807) is 30.3 Å². The number of benzene rings is 3. The molecule has 0 bridgehead atoms. The molecule has 38 heavy (non-hydrogen) atoms. The van der Waals surface area contributed by atoms with Crippen LogP contribution in [0.5, 0.6) is 0 Å². The maximum Gasteiger partial charge on any atom is 0.339 e. The normalized spacial score (nSPS) is 15.3. The summed E-state index contributed by atoms with van der Waals surface area (Å²) in [5.74, 6) is -1.36. The first-order chi connectivity index (χ1) is 18.1. The van der Waals surface area contributed by atoms with Crippen LogP contribution in [0.4, 0.5) is 5.69 Å². The summed E-state index contributed by atoms with van der Waals surface area (Å²) in [6, 6.07) is 18.3. The number of carbonyl (C=O) groups is 2. The monoisotopic (exact) mass is 554 g/mol. The van der Waals surface area contributed by atoms with Crippen LogP contribution in [-0.2, 0) is 19.6 Å². The van der Waals surface area contributed by atoms with Gasteiger partial charge < -0.3 is 10.1 Å². The predicted octanol–water partition coefficient (Wildman–Crippen LogP) is 6.06. The standard InChI is InChI=1S/C29H31ClN2O5S/c1-20-16-21(2)18-24(17-20)31-28(33)27(22-10-6-5-7-11-22)37-29(34)23-12-13-25(30)26(19-23)38(35,36)32-14-8-3-4-9-15-32/h5-7,10-13,16-19,27H,3-4,8-9,14-15H2,1-2H3,(H,31,33)/t27-/m0/s1. The predicted molar refractivity (Wildman–Crippen MR) is 148 cm³/mol. The molecule has 0 spiro atoms. The van der Waals surface area contributed by atoms with Crippen LogP contribution in [0, 0.1) is 13.8 Å². The SMILES string of the molecule is Cc1cc(C)cc(NC(=O)[C@@H](OC(=O)c2ccc(Cl)c(S(=O)(=O)N3CCCCCC3)c2)c2ccccc2)c1. The number of carbonyl (C=O) groups excluding carboxylic acids is 2. The number of hydrogen-bond donors (Lipinski definition) is 1. The van der Waals surface area contributed by atoms with Gasteiger partial charge in [0.1, 0.15) is 4.90 Å². The van der Waals surface area contributed by atoms with E-state index in [1.807, 2.05) is 32.0 Å². The van der Waals surface area contributed by atoms with Crippen molar-refractivity contribution in [1.82, 2.24) is 4.31 Å². The summed E-state index contributed by atoms with van der Waals surface area (Å²) < 4.78 is 33.8. The maximum absolute atomic E-state index is 13.4. The molecule has 1 atom stereocenters. The molecule has 200 valence electrons. The summed E-state index contributed by atoms with van der Waals surface area (Å²) in [6.45, 7) is 4.66. The third-order valence-corrected chi connectivity index (χ3v) is 8.78. The molecular formula is C29H31ClN2O5S. The highest BCUT2D eigenvalue weighted by Gasteiger charge is 2.30. The lowest BCUT2D eigenvalue weighted by Crippen LogP contribution is -2.32. The van der Waals surface area contributed by atoms with Crippen molar-refractivity contribution >= 4 is 39.2 Å². The lowest BCUT2D eigenvalue weighted by Gasteiger charge is -2.21. The first kappa shape index (κ1) is 27.8. The van der Waals surface area contributed by atoms with Crippen LogP contribution in [0.2, 0.25) is 5.02 Å². The van der Waals surface area contributed by atoms with Gasteiger partial charge in [0.05, 0.1) is 10.6 Å². The third-order valence-electron chi connectivity index (χ3n) is 6.40. The molecule has 1 saturated heterocycles. The minimum atomic E-state index is -3.90. The highest BCUT2D eigenvalue weighted by atomic mass is 35.5. The first-order valence-corrected chi connectivity index (χ1v) is 14.4. The molecule has 1 fully saturated rings. The second-order valence-corrected chi connectivity index (χ2v) is 11.8. The van der Waals surface area contributed by atoms with Crippen LogP contribution in [0.15, 0.2) is 71.6 Å². The maximum atomic E-state index is 13.4. The number of ether oxygens (including phenoxy) is 1. The molecule has 0 unspecified atom stereocenters. The van der Waals surface area contributed by atoms with Gasteiger partial charge in [-0.15, -0.1) is 0 Å². The molecule has 0 aliphatic carbocycles. The number of amides is 1. The van der Waals surface area contributed by atoms with Gasteiger partial charge in [-0.25, -0.2) is 13.2 Å². The van der Waals surface area contributed by atoms with Gasteiger partial charge in [-0.1, -0.05) is 60.8 Å². The van der Waals surface area contributed by atoms with E-state index in [9.17, 15) is 18.0 Å². The van der Waals surface area contributed by atoms with E-state index in [0.29, 0.717) is 24.3 Å². The number of aryl methyl sites for hydroxylation is 2. The number of nitrogens with one attached hydrogen (secondary N) is 1. The molecule has 7 nitrogen and oxygen atoms in total. The van der Waals surface area contributed by atoms with Crippen molar-refractivity contribution in [3.8, 4) is 0 Å². The van der Waals surface area contributed by atoms with Crippen molar-refractivity contribution in [3.63, 3.8) is 0 Å². The number of esters is 1. The van der Waals surface area contributed by atoms with Crippen LogP contribution in [0.1, 0.15) is 58.8 Å². The molecule has 1 amide bonds. The van der Waals surface area contributed by atoms with Crippen molar-refractivity contribution in [2.45, 2.75) is 50.5 Å². The summed E-state index contributed by atoms with van der Waals surface area (Å²) in [5.41, 5.74) is 3.01. The molecule has 4 rings (SSSR count). The van der Waals surface area contributed by atoms with Gasteiger partial charge in [-0.05, 0) is 68.1 Å². The van der Waals surface area contributed by atoms with Gasteiger partial charge in [-0.2, -0.15) is 4.31 Å². The van der Waals surface area contributed by atoms with Crippen LogP contribution >= 0.6 is 11.6 Å². The molecule has 1 heterocycles. The molecule has 1 aliphatic heterocycles. The van der Waals surface area contributed by atoms with E-state index >= 15 is 0 Å². The van der Waals surface area contributed by atoms with E-state index < -0.39 is 28.0 Å².